The molecule has 0 fully saturated rings. The zero-order chi connectivity index (χ0) is 14.5. The maximum Gasteiger partial charge on any atom is 0.319 e. The predicted octanol–water partition coefficient (Wildman–Crippen LogP) is 2.70. The molecule has 6 nitrogen and oxygen atoms in total. The van der Waals surface area contributed by atoms with Crippen LogP contribution in [0.5, 0.6) is 0 Å². The Bertz CT molecular complexity index is 595. The summed E-state index contributed by atoms with van der Waals surface area (Å²) in [5.41, 5.74) is 1.44. The zero-order valence-corrected chi connectivity index (χ0v) is 12.0. The second kappa shape index (κ2) is 6.38. The minimum absolute atomic E-state index is 0.299. The number of carbonyl (C=O) groups is 1. The largest absolute Gasteiger partial charge is 0.446 e. The number of hydrogen-bond donors (Lipinski definition) is 2. The second-order valence-electron chi connectivity index (χ2n) is 4.24. The first-order chi connectivity index (χ1) is 9.54. The molecule has 0 spiro atoms. The number of urea groups is 1. The van der Waals surface area contributed by atoms with Gasteiger partial charge in [0.25, 0.3) is 0 Å². The maximum atomic E-state index is 11.7. The van der Waals surface area contributed by atoms with E-state index >= 15 is 0 Å². The fourth-order valence-electron chi connectivity index (χ4n) is 1.72. The highest BCUT2D eigenvalue weighted by molar-refractivity contribution is 6.29. The quantitative estimate of drug-likeness (QED) is 0.850. The predicted molar refractivity (Wildman–Crippen MR) is 75.9 cm³/mol. The maximum absolute atomic E-state index is 11.7. The summed E-state index contributed by atoms with van der Waals surface area (Å²) in [7, 11) is 0. The Morgan fingerprint density at radius 3 is 2.80 bits per heavy atom. The number of aromatic nitrogens is 2. The first kappa shape index (κ1) is 14.3. The van der Waals surface area contributed by atoms with E-state index in [0.29, 0.717) is 29.7 Å². The molecule has 0 aliphatic heterocycles. The Labute approximate surface area is 121 Å². The van der Waals surface area contributed by atoms with Crippen LogP contribution in [0.25, 0.3) is 0 Å². The first-order valence-electron chi connectivity index (χ1n) is 6.14. The highest BCUT2D eigenvalue weighted by Gasteiger charge is 2.07. The van der Waals surface area contributed by atoms with E-state index < -0.39 is 0 Å². The molecule has 0 radical (unpaired) electrons. The lowest BCUT2D eigenvalue weighted by molar-refractivity contribution is 0.252. The van der Waals surface area contributed by atoms with Crippen LogP contribution in [0.3, 0.4) is 0 Å². The molecular weight excluding hydrogens is 280 g/mol. The Morgan fingerprint density at radius 2 is 2.20 bits per heavy atom. The molecule has 0 aliphatic rings. The molecule has 0 saturated carbocycles. The minimum Gasteiger partial charge on any atom is -0.446 e. The number of nitrogens with one attached hydrogen (secondary N) is 2. The number of carbonyl (C=O) groups excluding carboxylic acids is 1. The summed E-state index contributed by atoms with van der Waals surface area (Å²) < 4.78 is 5.32. The van der Waals surface area contributed by atoms with Crippen molar-refractivity contribution in [3.8, 4) is 0 Å². The van der Waals surface area contributed by atoms with Crippen molar-refractivity contribution in [3.05, 3.63) is 40.8 Å². The molecule has 106 valence electrons. The SMILES string of the molecule is Cc1nc(CCNC(=O)Nc2ccc(Cl)nc2)c(C)o1. The molecule has 0 aliphatic carbocycles. The zero-order valence-electron chi connectivity index (χ0n) is 11.2. The van der Waals surface area contributed by atoms with Crippen molar-refractivity contribution >= 4 is 23.3 Å². The number of anilines is 1. The number of oxazole rings is 1. The first-order valence-corrected chi connectivity index (χ1v) is 6.51. The van der Waals surface area contributed by atoms with Crippen LogP contribution in [0.2, 0.25) is 5.15 Å². The Hall–Kier alpha value is -2.08. The van der Waals surface area contributed by atoms with E-state index in [4.69, 9.17) is 16.0 Å². The van der Waals surface area contributed by atoms with Crippen LogP contribution in [0.4, 0.5) is 10.5 Å². The third-order valence-corrected chi connectivity index (χ3v) is 2.86. The van der Waals surface area contributed by atoms with Gasteiger partial charge < -0.3 is 15.1 Å². The van der Waals surface area contributed by atoms with E-state index in [-0.39, 0.29) is 6.03 Å². The summed E-state index contributed by atoms with van der Waals surface area (Å²) in [6.45, 7) is 4.12. The van der Waals surface area contributed by atoms with Crippen LogP contribution in [0.15, 0.2) is 22.7 Å². The van der Waals surface area contributed by atoms with Crippen LogP contribution < -0.4 is 10.6 Å². The van der Waals surface area contributed by atoms with Crippen LogP contribution in [0, 0.1) is 13.8 Å². The van der Waals surface area contributed by atoms with Gasteiger partial charge in [0.1, 0.15) is 10.9 Å². The summed E-state index contributed by atoms with van der Waals surface area (Å²) in [4.78, 5) is 19.8. The second-order valence-corrected chi connectivity index (χ2v) is 4.62. The van der Waals surface area contributed by atoms with Crippen LogP contribution in [-0.2, 0) is 6.42 Å². The van der Waals surface area contributed by atoms with Gasteiger partial charge in [-0.2, -0.15) is 0 Å². The van der Waals surface area contributed by atoms with E-state index in [0.717, 1.165) is 11.5 Å². The molecule has 0 unspecified atom stereocenters. The number of halogens is 1. The van der Waals surface area contributed by atoms with E-state index in [1.54, 1.807) is 19.1 Å². The lowest BCUT2D eigenvalue weighted by Crippen LogP contribution is -2.30. The van der Waals surface area contributed by atoms with E-state index in [1.807, 2.05) is 6.92 Å². The van der Waals surface area contributed by atoms with Crippen LogP contribution in [-0.4, -0.2) is 22.5 Å². The number of rotatable bonds is 4. The van der Waals surface area contributed by atoms with Crippen molar-refractivity contribution in [3.63, 3.8) is 0 Å². The summed E-state index contributed by atoms with van der Waals surface area (Å²) in [5, 5.41) is 5.78. The van der Waals surface area contributed by atoms with Gasteiger partial charge in [-0.15, -0.1) is 0 Å². The van der Waals surface area contributed by atoms with Gasteiger partial charge in [0, 0.05) is 19.9 Å². The molecule has 2 aromatic heterocycles. The average molecular weight is 295 g/mol. The summed E-state index contributed by atoms with van der Waals surface area (Å²) in [5.74, 6) is 1.42. The standard InChI is InChI=1S/C13H15ClN4O2/c1-8-11(17-9(2)20-8)5-6-15-13(19)18-10-3-4-12(14)16-7-10/h3-4,7H,5-6H2,1-2H3,(H2,15,18,19). The summed E-state index contributed by atoms with van der Waals surface area (Å²) >= 11 is 5.66. The fraction of sp³-hybridized carbons (Fsp3) is 0.308. The number of hydrogen-bond acceptors (Lipinski definition) is 4. The van der Waals surface area contributed by atoms with E-state index in [1.165, 1.54) is 6.20 Å². The van der Waals surface area contributed by atoms with Gasteiger partial charge in [0.2, 0.25) is 0 Å². The molecule has 0 atom stereocenters. The molecule has 2 aromatic rings. The molecule has 0 saturated heterocycles. The molecular formula is C13H15ClN4O2. The molecule has 2 amide bonds. The van der Waals surface area contributed by atoms with Gasteiger partial charge in [0.05, 0.1) is 17.6 Å². The van der Waals surface area contributed by atoms with Crippen molar-refractivity contribution in [2.75, 3.05) is 11.9 Å². The van der Waals surface area contributed by atoms with Crippen molar-refractivity contribution < 1.29 is 9.21 Å². The molecule has 7 heteroatoms. The molecule has 2 N–H and O–H groups in total. The van der Waals surface area contributed by atoms with Gasteiger partial charge in [-0.3, -0.25) is 0 Å². The Morgan fingerprint density at radius 1 is 1.40 bits per heavy atom. The van der Waals surface area contributed by atoms with Crippen molar-refractivity contribution in [2.45, 2.75) is 20.3 Å². The topological polar surface area (TPSA) is 80.0 Å². The molecule has 0 bridgehead atoms. The highest BCUT2D eigenvalue weighted by atomic mass is 35.5. The fourth-order valence-corrected chi connectivity index (χ4v) is 1.84. The third kappa shape index (κ3) is 3.96. The van der Waals surface area contributed by atoms with Crippen LogP contribution in [0.1, 0.15) is 17.3 Å². The van der Waals surface area contributed by atoms with E-state index in [9.17, 15) is 4.79 Å². The van der Waals surface area contributed by atoms with Gasteiger partial charge in [-0.05, 0) is 19.1 Å². The Balaban J connectivity index is 1.78. The molecule has 0 aromatic carbocycles. The number of amides is 2. The Kier molecular flexibility index (Phi) is 4.57. The summed E-state index contributed by atoms with van der Waals surface area (Å²) in [6, 6.07) is 2.99. The smallest absolute Gasteiger partial charge is 0.319 e. The van der Waals surface area contributed by atoms with Gasteiger partial charge in [0.15, 0.2) is 5.89 Å². The van der Waals surface area contributed by atoms with Crippen molar-refractivity contribution in [1.29, 1.82) is 0 Å². The number of pyridine rings is 1. The molecule has 2 heterocycles. The lowest BCUT2D eigenvalue weighted by atomic mass is 10.3. The lowest BCUT2D eigenvalue weighted by Gasteiger charge is -2.06. The van der Waals surface area contributed by atoms with Crippen molar-refractivity contribution in [2.24, 2.45) is 0 Å². The number of aryl methyl sites for hydroxylation is 2. The van der Waals surface area contributed by atoms with Gasteiger partial charge in [-0.25, -0.2) is 14.8 Å². The minimum atomic E-state index is -0.299. The molecule has 20 heavy (non-hydrogen) atoms. The summed E-state index contributed by atoms with van der Waals surface area (Å²) in [6.07, 6.45) is 2.11. The van der Waals surface area contributed by atoms with Crippen LogP contribution >= 0.6 is 11.6 Å². The van der Waals surface area contributed by atoms with E-state index in [2.05, 4.69) is 20.6 Å². The van der Waals surface area contributed by atoms with Gasteiger partial charge >= 0.3 is 6.03 Å². The highest BCUT2D eigenvalue weighted by Crippen LogP contribution is 2.10. The average Bonchev–Trinajstić information content (AvgIpc) is 2.71. The van der Waals surface area contributed by atoms with Crippen molar-refractivity contribution in [1.82, 2.24) is 15.3 Å². The number of nitrogens with zero attached hydrogens (tertiary/aromatic N) is 2. The normalized spacial score (nSPS) is 10.3. The third-order valence-electron chi connectivity index (χ3n) is 2.63. The van der Waals surface area contributed by atoms with Gasteiger partial charge in [-0.1, -0.05) is 11.6 Å². The monoisotopic (exact) mass is 294 g/mol. The molecule has 2 rings (SSSR count).